The Bertz CT molecular complexity index is 791. The second-order valence-electron chi connectivity index (χ2n) is 7.99. The maximum Gasteiger partial charge on any atom is 0.312 e. The molecule has 7 heteroatoms. The van der Waals surface area contributed by atoms with E-state index in [9.17, 15) is 4.79 Å². The average Bonchev–Trinajstić information content (AvgIpc) is 3.16. The number of carbonyl (C=O) groups excluding carboxylic acids is 1. The van der Waals surface area contributed by atoms with Gasteiger partial charge in [-0.25, -0.2) is 4.98 Å². The van der Waals surface area contributed by atoms with E-state index in [4.69, 9.17) is 14.5 Å². The number of rotatable bonds is 6. The van der Waals surface area contributed by atoms with E-state index < -0.39 is 11.0 Å². The normalized spacial score (nSPS) is 16.6. The van der Waals surface area contributed by atoms with Crippen LogP contribution in [0.3, 0.4) is 0 Å². The van der Waals surface area contributed by atoms with Crippen LogP contribution in [0.2, 0.25) is 0 Å². The molecule has 0 bridgehead atoms. The smallest absolute Gasteiger partial charge is 0.312 e. The van der Waals surface area contributed by atoms with Crippen molar-refractivity contribution in [2.75, 3.05) is 19.3 Å². The van der Waals surface area contributed by atoms with Gasteiger partial charge in [0.15, 0.2) is 5.60 Å². The highest BCUT2D eigenvalue weighted by Crippen LogP contribution is 2.38. The van der Waals surface area contributed by atoms with E-state index in [-0.39, 0.29) is 5.97 Å². The quantitative estimate of drug-likeness (QED) is 0.544. The molecule has 0 saturated carbocycles. The highest BCUT2D eigenvalue weighted by atomic mass is 32.2. The molecule has 3 rings (SSSR count). The molecule has 5 nitrogen and oxygen atoms in total. The largest absolute Gasteiger partial charge is 0.487 e. The number of thioether (sulfide) groups is 1. The minimum atomic E-state index is -0.640. The summed E-state index contributed by atoms with van der Waals surface area (Å²) >= 11 is 3.25. The Kier molecular flexibility index (Phi) is 6.68. The first-order chi connectivity index (χ1) is 13.3. The van der Waals surface area contributed by atoms with Gasteiger partial charge in [0.2, 0.25) is 0 Å². The molecule has 1 saturated heterocycles. The molecule has 152 valence electrons. The van der Waals surface area contributed by atoms with Gasteiger partial charge in [0.1, 0.15) is 17.4 Å². The van der Waals surface area contributed by atoms with Crippen LogP contribution in [-0.4, -0.2) is 30.3 Å². The lowest BCUT2D eigenvalue weighted by atomic mass is 9.91. The molecule has 0 radical (unpaired) electrons. The maximum atomic E-state index is 12.6. The third-order valence-corrected chi connectivity index (χ3v) is 6.52. The summed E-state index contributed by atoms with van der Waals surface area (Å²) in [5.41, 5.74) is -0.318. The number of hydrogen-bond donors (Lipinski definition) is 1. The Hall–Kier alpha value is -1.57. The second kappa shape index (κ2) is 8.84. The van der Waals surface area contributed by atoms with E-state index in [1.807, 2.05) is 50.4 Å². The summed E-state index contributed by atoms with van der Waals surface area (Å²) in [6, 6.07) is 8.03. The molecular weight excluding hydrogens is 392 g/mol. The van der Waals surface area contributed by atoms with Gasteiger partial charge in [0.05, 0.1) is 11.1 Å². The first kappa shape index (κ1) is 21.1. The molecule has 1 aliphatic heterocycles. The lowest BCUT2D eigenvalue weighted by Crippen LogP contribution is -2.45. The number of piperidine rings is 1. The fourth-order valence-corrected chi connectivity index (χ4v) is 4.34. The van der Waals surface area contributed by atoms with Gasteiger partial charge in [0, 0.05) is 23.1 Å². The van der Waals surface area contributed by atoms with E-state index in [0.717, 1.165) is 42.4 Å². The third kappa shape index (κ3) is 5.07. The summed E-state index contributed by atoms with van der Waals surface area (Å²) < 4.78 is 11.9. The molecule has 1 aliphatic rings. The molecule has 1 fully saturated rings. The Labute approximate surface area is 175 Å². The number of hydrogen-bond acceptors (Lipinski definition) is 7. The molecule has 2 heterocycles. The van der Waals surface area contributed by atoms with Crippen molar-refractivity contribution in [2.24, 2.45) is 5.41 Å². The molecule has 1 aromatic carbocycles. The van der Waals surface area contributed by atoms with Crippen LogP contribution in [0.25, 0.3) is 0 Å². The van der Waals surface area contributed by atoms with Crippen LogP contribution in [0.5, 0.6) is 5.75 Å². The standard InChI is InChI=1S/C21H28N2O3S2/c1-20(2,3)19(24)26-21(9-11-22-12-10-21)18-23-15(14-28-18)13-25-16-5-7-17(27-4)8-6-16/h5-8,14,22H,9-13H2,1-4H3. The van der Waals surface area contributed by atoms with Crippen LogP contribution in [0.4, 0.5) is 0 Å². The first-order valence-electron chi connectivity index (χ1n) is 9.48. The molecule has 1 N–H and O–H groups in total. The highest BCUT2D eigenvalue weighted by molar-refractivity contribution is 7.98. The lowest BCUT2D eigenvalue weighted by molar-refractivity contribution is -0.174. The van der Waals surface area contributed by atoms with Crippen LogP contribution in [0.1, 0.15) is 44.3 Å². The first-order valence-corrected chi connectivity index (χ1v) is 11.6. The average molecular weight is 421 g/mol. The van der Waals surface area contributed by atoms with Gasteiger partial charge >= 0.3 is 5.97 Å². The number of thiazole rings is 1. The predicted molar refractivity (Wildman–Crippen MR) is 114 cm³/mol. The zero-order valence-corrected chi connectivity index (χ0v) is 18.5. The van der Waals surface area contributed by atoms with Crippen molar-refractivity contribution < 1.29 is 14.3 Å². The Balaban J connectivity index is 1.72. The number of carbonyl (C=O) groups is 1. The van der Waals surface area contributed by atoms with Crippen molar-refractivity contribution in [3.05, 3.63) is 40.3 Å². The Morgan fingerprint density at radius 3 is 2.54 bits per heavy atom. The van der Waals surface area contributed by atoms with E-state index in [2.05, 4.69) is 11.6 Å². The van der Waals surface area contributed by atoms with Crippen molar-refractivity contribution in [3.8, 4) is 5.75 Å². The molecule has 2 aromatic rings. The summed E-state index contributed by atoms with van der Waals surface area (Å²) in [6.07, 6.45) is 3.52. The van der Waals surface area contributed by atoms with Crippen molar-refractivity contribution in [3.63, 3.8) is 0 Å². The second-order valence-corrected chi connectivity index (χ2v) is 9.73. The van der Waals surface area contributed by atoms with Gasteiger partial charge in [-0.1, -0.05) is 0 Å². The molecule has 0 amide bonds. The number of esters is 1. The molecule has 0 unspecified atom stereocenters. The van der Waals surface area contributed by atoms with Gasteiger partial charge in [-0.2, -0.15) is 0 Å². The van der Waals surface area contributed by atoms with Crippen LogP contribution in [0.15, 0.2) is 34.5 Å². The fraction of sp³-hybridized carbons (Fsp3) is 0.524. The molecule has 0 spiro atoms. The summed E-state index contributed by atoms with van der Waals surface area (Å²) in [7, 11) is 0. The Morgan fingerprint density at radius 2 is 1.93 bits per heavy atom. The molecule has 1 aromatic heterocycles. The zero-order valence-electron chi connectivity index (χ0n) is 16.9. The third-order valence-electron chi connectivity index (χ3n) is 4.70. The van der Waals surface area contributed by atoms with E-state index >= 15 is 0 Å². The van der Waals surface area contributed by atoms with Crippen LogP contribution < -0.4 is 10.1 Å². The molecule has 0 aliphatic carbocycles. The molecular formula is C21H28N2O3S2. The van der Waals surface area contributed by atoms with E-state index in [0.29, 0.717) is 6.61 Å². The molecule has 0 atom stereocenters. The number of nitrogens with one attached hydrogen (secondary N) is 1. The number of nitrogens with zero attached hydrogens (tertiary/aromatic N) is 1. The van der Waals surface area contributed by atoms with E-state index in [1.54, 1.807) is 23.1 Å². The minimum Gasteiger partial charge on any atom is -0.487 e. The topological polar surface area (TPSA) is 60.5 Å². The summed E-state index contributed by atoms with van der Waals surface area (Å²) in [6.45, 7) is 7.67. The van der Waals surface area contributed by atoms with Gasteiger partial charge < -0.3 is 14.8 Å². The monoisotopic (exact) mass is 420 g/mol. The maximum absolute atomic E-state index is 12.6. The zero-order chi connectivity index (χ0) is 20.2. The van der Waals surface area contributed by atoms with Crippen molar-refractivity contribution in [2.45, 2.75) is 50.7 Å². The minimum absolute atomic E-state index is 0.184. The van der Waals surface area contributed by atoms with Crippen molar-refractivity contribution in [1.82, 2.24) is 10.3 Å². The SMILES string of the molecule is CSc1ccc(OCc2csc(C3(OC(=O)C(C)(C)C)CCNCC3)n2)cc1. The summed E-state index contributed by atoms with van der Waals surface area (Å²) in [4.78, 5) is 18.6. The molecule has 28 heavy (non-hydrogen) atoms. The number of aromatic nitrogens is 1. The van der Waals surface area contributed by atoms with Crippen LogP contribution in [-0.2, 0) is 21.7 Å². The van der Waals surface area contributed by atoms with Gasteiger partial charge in [-0.15, -0.1) is 23.1 Å². The van der Waals surface area contributed by atoms with Crippen molar-refractivity contribution >= 4 is 29.1 Å². The van der Waals surface area contributed by atoms with Gasteiger partial charge in [0.25, 0.3) is 0 Å². The number of ether oxygens (including phenoxy) is 2. The predicted octanol–water partition coefficient (Wildman–Crippen LogP) is 4.61. The lowest BCUT2D eigenvalue weighted by Gasteiger charge is -2.37. The van der Waals surface area contributed by atoms with Gasteiger partial charge in [-0.3, -0.25) is 4.79 Å². The number of benzene rings is 1. The summed E-state index contributed by atoms with van der Waals surface area (Å²) in [5, 5.41) is 6.21. The van der Waals surface area contributed by atoms with Crippen LogP contribution >= 0.6 is 23.1 Å². The van der Waals surface area contributed by atoms with E-state index in [1.165, 1.54) is 4.90 Å². The Morgan fingerprint density at radius 1 is 1.25 bits per heavy atom. The van der Waals surface area contributed by atoms with Crippen LogP contribution in [0, 0.1) is 5.41 Å². The van der Waals surface area contributed by atoms with Gasteiger partial charge in [-0.05, 0) is 64.4 Å². The van der Waals surface area contributed by atoms with Crippen molar-refractivity contribution in [1.29, 1.82) is 0 Å². The highest BCUT2D eigenvalue weighted by Gasteiger charge is 2.42. The summed E-state index contributed by atoms with van der Waals surface area (Å²) in [5.74, 6) is 0.638. The fourth-order valence-electron chi connectivity index (χ4n) is 2.93.